The van der Waals surface area contributed by atoms with Crippen molar-refractivity contribution in [3.63, 3.8) is 0 Å². The SMILES string of the molecule is Cc1[c]nnc(-c2ccccc2)c1-c1ccc(-c2ccccc2)nn1. The summed E-state index contributed by atoms with van der Waals surface area (Å²) in [5.74, 6) is 0. The number of benzene rings is 2. The summed E-state index contributed by atoms with van der Waals surface area (Å²) in [6.45, 7) is 1.96. The van der Waals surface area contributed by atoms with Gasteiger partial charge in [0.15, 0.2) is 0 Å². The first-order valence-corrected chi connectivity index (χ1v) is 8.03. The maximum atomic E-state index is 4.43. The Bertz CT molecular complexity index is 981. The van der Waals surface area contributed by atoms with E-state index in [1.165, 1.54) is 0 Å². The van der Waals surface area contributed by atoms with Crippen LogP contribution in [0.1, 0.15) is 5.56 Å². The Balaban J connectivity index is 1.80. The fourth-order valence-corrected chi connectivity index (χ4v) is 2.77. The molecule has 0 spiro atoms. The molecule has 4 heteroatoms. The molecule has 2 aromatic heterocycles. The first kappa shape index (κ1) is 15.1. The zero-order valence-electron chi connectivity index (χ0n) is 13.7. The lowest BCUT2D eigenvalue weighted by atomic mass is 10.00. The van der Waals surface area contributed by atoms with E-state index >= 15 is 0 Å². The monoisotopic (exact) mass is 323 g/mol. The van der Waals surface area contributed by atoms with Crippen molar-refractivity contribution >= 4 is 0 Å². The summed E-state index contributed by atoms with van der Waals surface area (Å²) in [7, 11) is 0. The van der Waals surface area contributed by atoms with E-state index in [1.807, 2.05) is 79.7 Å². The predicted molar refractivity (Wildman–Crippen MR) is 97.5 cm³/mol. The Labute approximate surface area is 146 Å². The molecule has 0 amide bonds. The molecule has 2 aromatic carbocycles. The molecule has 25 heavy (non-hydrogen) atoms. The van der Waals surface area contributed by atoms with Gasteiger partial charge >= 0.3 is 0 Å². The lowest BCUT2D eigenvalue weighted by molar-refractivity contribution is 0.997. The zero-order valence-corrected chi connectivity index (χ0v) is 13.7. The van der Waals surface area contributed by atoms with E-state index in [0.717, 1.165) is 39.3 Å². The molecule has 0 aliphatic carbocycles. The Morgan fingerprint density at radius 3 is 1.88 bits per heavy atom. The van der Waals surface area contributed by atoms with Crippen LogP contribution in [0.25, 0.3) is 33.8 Å². The van der Waals surface area contributed by atoms with Crippen LogP contribution in [0.15, 0.2) is 72.8 Å². The van der Waals surface area contributed by atoms with Gasteiger partial charge in [0.2, 0.25) is 0 Å². The highest BCUT2D eigenvalue weighted by Crippen LogP contribution is 2.31. The summed E-state index contributed by atoms with van der Waals surface area (Å²) in [4.78, 5) is 0. The molecule has 4 aromatic rings. The van der Waals surface area contributed by atoms with Gasteiger partial charge in [0.1, 0.15) is 11.9 Å². The second-order valence-corrected chi connectivity index (χ2v) is 5.70. The van der Waals surface area contributed by atoms with Gasteiger partial charge in [-0.1, -0.05) is 60.7 Å². The third-order valence-electron chi connectivity index (χ3n) is 4.02. The van der Waals surface area contributed by atoms with Gasteiger partial charge in [-0.05, 0) is 24.6 Å². The Morgan fingerprint density at radius 1 is 0.640 bits per heavy atom. The smallest absolute Gasteiger partial charge is 0.117 e. The molecule has 0 aliphatic heterocycles. The molecule has 0 saturated carbocycles. The highest BCUT2D eigenvalue weighted by atomic mass is 15.1. The molecule has 1 radical (unpaired) electrons. The van der Waals surface area contributed by atoms with E-state index in [4.69, 9.17) is 0 Å². The summed E-state index contributed by atoms with van der Waals surface area (Å²) >= 11 is 0. The predicted octanol–water partition coefficient (Wildman–Crippen LogP) is 4.38. The van der Waals surface area contributed by atoms with Gasteiger partial charge in [0.25, 0.3) is 0 Å². The van der Waals surface area contributed by atoms with Crippen molar-refractivity contribution in [3.8, 4) is 33.8 Å². The first-order valence-electron chi connectivity index (χ1n) is 8.03. The van der Waals surface area contributed by atoms with Gasteiger partial charge < -0.3 is 0 Å². The number of aromatic nitrogens is 4. The highest BCUT2D eigenvalue weighted by molar-refractivity contribution is 5.80. The minimum Gasteiger partial charge on any atom is -0.150 e. The third kappa shape index (κ3) is 3.02. The van der Waals surface area contributed by atoms with Crippen molar-refractivity contribution < 1.29 is 0 Å². The molecule has 2 heterocycles. The zero-order chi connectivity index (χ0) is 17.1. The summed E-state index contributed by atoms with van der Waals surface area (Å²) in [6, 6.07) is 23.9. The number of hydrogen-bond acceptors (Lipinski definition) is 4. The van der Waals surface area contributed by atoms with Crippen LogP contribution in [0.2, 0.25) is 0 Å². The van der Waals surface area contributed by atoms with Crippen molar-refractivity contribution in [2.24, 2.45) is 0 Å². The molecule has 0 saturated heterocycles. The van der Waals surface area contributed by atoms with Gasteiger partial charge in [0, 0.05) is 16.7 Å². The quantitative estimate of drug-likeness (QED) is 0.561. The summed E-state index contributed by atoms with van der Waals surface area (Å²) in [5, 5.41) is 17.1. The molecule has 0 fully saturated rings. The van der Waals surface area contributed by atoms with Crippen LogP contribution >= 0.6 is 0 Å². The third-order valence-corrected chi connectivity index (χ3v) is 4.02. The van der Waals surface area contributed by atoms with Crippen molar-refractivity contribution in [1.82, 2.24) is 20.4 Å². The van der Waals surface area contributed by atoms with Gasteiger partial charge in [0.05, 0.1) is 11.4 Å². The summed E-state index contributed by atoms with van der Waals surface area (Å²) in [6.07, 6.45) is 2.93. The minimum atomic E-state index is 0.766. The maximum absolute atomic E-state index is 4.43. The van der Waals surface area contributed by atoms with Gasteiger partial charge in [-0.25, -0.2) is 0 Å². The number of rotatable bonds is 3. The molecule has 0 aliphatic rings. The van der Waals surface area contributed by atoms with E-state index in [2.05, 4.69) is 26.6 Å². The largest absolute Gasteiger partial charge is 0.150 e. The van der Waals surface area contributed by atoms with Crippen LogP contribution in [0.4, 0.5) is 0 Å². The van der Waals surface area contributed by atoms with Gasteiger partial charge in [-0.15, -0.1) is 20.4 Å². The van der Waals surface area contributed by atoms with Crippen LogP contribution < -0.4 is 0 Å². The number of nitrogens with zero attached hydrogens (tertiary/aromatic N) is 4. The van der Waals surface area contributed by atoms with E-state index in [1.54, 1.807) is 0 Å². The molecular formula is C21H15N4. The van der Waals surface area contributed by atoms with Crippen LogP contribution in [0.3, 0.4) is 0 Å². The second kappa shape index (κ2) is 6.61. The standard InChI is InChI=1S/C21H15N4/c1-15-14-22-25-21(17-10-6-3-7-11-17)20(15)19-13-12-18(23-24-19)16-8-4-2-5-9-16/h2-13H,1H3. The Kier molecular flexibility index (Phi) is 4.01. The molecule has 0 atom stereocenters. The number of aryl methyl sites for hydroxylation is 1. The molecule has 0 N–H and O–H groups in total. The normalized spacial score (nSPS) is 10.6. The van der Waals surface area contributed by atoms with Crippen molar-refractivity contribution in [2.75, 3.05) is 0 Å². The van der Waals surface area contributed by atoms with Crippen molar-refractivity contribution in [2.45, 2.75) is 6.92 Å². The molecule has 4 rings (SSSR count). The molecule has 119 valence electrons. The minimum absolute atomic E-state index is 0.766. The molecule has 4 nitrogen and oxygen atoms in total. The lowest BCUT2D eigenvalue weighted by Crippen LogP contribution is -1.99. The van der Waals surface area contributed by atoms with E-state index in [9.17, 15) is 0 Å². The average Bonchev–Trinajstić information content (AvgIpc) is 2.69. The fraction of sp³-hybridized carbons (Fsp3) is 0.0476. The van der Waals surface area contributed by atoms with Crippen molar-refractivity contribution in [3.05, 3.63) is 84.6 Å². The van der Waals surface area contributed by atoms with Crippen LogP contribution in [0, 0.1) is 13.1 Å². The van der Waals surface area contributed by atoms with Crippen molar-refractivity contribution in [1.29, 1.82) is 0 Å². The molecule has 0 bridgehead atoms. The average molecular weight is 323 g/mol. The summed E-state index contributed by atoms with van der Waals surface area (Å²) in [5.41, 5.74) is 6.25. The second-order valence-electron chi connectivity index (χ2n) is 5.70. The highest BCUT2D eigenvalue weighted by Gasteiger charge is 2.14. The van der Waals surface area contributed by atoms with E-state index < -0.39 is 0 Å². The molecule has 0 unspecified atom stereocenters. The van der Waals surface area contributed by atoms with Crippen LogP contribution in [0.5, 0.6) is 0 Å². The Hall–Kier alpha value is -3.40. The van der Waals surface area contributed by atoms with Gasteiger partial charge in [-0.3, -0.25) is 0 Å². The van der Waals surface area contributed by atoms with Crippen LogP contribution in [-0.4, -0.2) is 20.4 Å². The lowest BCUT2D eigenvalue weighted by Gasteiger charge is -2.10. The maximum Gasteiger partial charge on any atom is 0.117 e. The van der Waals surface area contributed by atoms with E-state index in [0.29, 0.717) is 0 Å². The summed E-state index contributed by atoms with van der Waals surface area (Å²) < 4.78 is 0. The Morgan fingerprint density at radius 2 is 1.24 bits per heavy atom. The van der Waals surface area contributed by atoms with E-state index in [-0.39, 0.29) is 0 Å². The topological polar surface area (TPSA) is 51.6 Å². The van der Waals surface area contributed by atoms with Gasteiger partial charge in [-0.2, -0.15) is 0 Å². The molecular weight excluding hydrogens is 308 g/mol. The number of hydrogen-bond donors (Lipinski definition) is 0. The first-order chi connectivity index (χ1) is 12.3. The fourth-order valence-electron chi connectivity index (χ4n) is 2.77. The van der Waals surface area contributed by atoms with Crippen LogP contribution in [-0.2, 0) is 0 Å².